The molecule has 0 heterocycles. The van der Waals surface area contributed by atoms with Gasteiger partial charge in [0.2, 0.25) is 0 Å². The van der Waals surface area contributed by atoms with E-state index in [2.05, 4.69) is 50.3 Å². The molecule has 0 saturated heterocycles. The van der Waals surface area contributed by atoms with Crippen LogP contribution in [0.4, 0.5) is 0 Å². The van der Waals surface area contributed by atoms with Crippen LogP contribution in [0.25, 0.3) is 0 Å². The van der Waals surface area contributed by atoms with Crippen molar-refractivity contribution >= 4 is 13.8 Å². The van der Waals surface area contributed by atoms with Crippen molar-refractivity contribution in [3.05, 3.63) is 36.5 Å². The maximum absolute atomic E-state index is 12.8. The number of unbranched alkanes of at least 4 members (excludes halogenated alkanes) is 40. The minimum absolute atomic E-state index is 0.0901. The predicted molar refractivity (Wildman–Crippen MR) is 316 cm³/mol. The normalized spacial score (nSPS) is 13.6. The summed E-state index contributed by atoms with van der Waals surface area (Å²) in [4.78, 5) is 23.1. The average molecular weight is 1050 g/mol. The molecule has 8 nitrogen and oxygen atoms in total. The Morgan fingerprint density at radius 2 is 0.753 bits per heavy atom. The van der Waals surface area contributed by atoms with E-state index in [1.165, 1.54) is 250 Å². The summed E-state index contributed by atoms with van der Waals surface area (Å²) in [5.74, 6) is -0.308. The number of ether oxygens (including phenoxy) is 2. The molecule has 0 aliphatic rings. The largest absolute Gasteiger partial charge is 0.472 e. The first-order chi connectivity index (χ1) is 35.6. The summed E-state index contributed by atoms with van der Waals surface area (Å²) in [6.45, 7) is 5.68. The maximum Gasteiger partial charge on any atom is 0.472 e. The van der Waals surface area contributed by atoms with Crippen LogP contribution in [0.3, 0.4) is 0 Å². The lowest BCUT2D eigenvalue weighted by molar-refractivity contribution is -0.870. The lowest BCUT2D eigenvalue weighted by atomic mass is 10.0. The smallest absolute Gasteiger partial charge is 0.457 e. The van der Waals surface area contributed by atoms with Crippen LogP contribution < -0.4 is 0 Å². The van der Waals surface area contributed by atoms with Crippen molar-refractivity contribution in [2.75, 3.05) is 54.1 Å². The fourth-order valence-electron chi connectivity index (χ4n) is 9.29. The van der Waals surface area contributed by atoms with Crippen LogP contribution in [0.15, 0.2) is 36.5 Å². The molecule has 2 unspecified atom stereocenters. The van der Waals surface area contributed by atoms with E-state index >= 15 is 0 Å². The molecular weight excluding hydrogens is 926 g/mol. The Kier molecular flexibility index (Phi) is 55.9. The zero-order chi connectivity index (χ0) is 53.3. The molecule has 432 valence electrons. The summed E-state index contributed by atoms with van der Waals surface area (Å²) < 4.78 is 35.4. The van der Waals surface area contributed by atoms with Crippen molar-refractivity contribution in [3.63, 3.8) is 0 Å². The summed E-state index contributed by atoms with van der Waals surface area (Å²) in [6, 6.07) is 0. The van der Waals surface area contributed by atoms with Gasteiger partial charge >= 0.3 is 13.8 Å². The summed E-state index contributed by atoms with van der Waals surface area (Å²) >= 11 is 0. The highest BCUT2D eigenvalue weighted by molar-refractivity contribution is 7.47. The molecule has 0 aliphatic carbocycles. The van der Waals surface area contributed by atoms with Crippen molar-refractivity contribution < 1.29 is 37.3 Å². The number of hydrogen-bond acceptors (Lipinski definition) is 6. The van der Waals surface area contributed by atoms with Crippen LogP contribution in [0.1, 0.15) is 309 Å². The van der Waals surface area contributed by atoms with Crippen LogP contribution >= 0.6 is 7.82 Å². The highest BCUT2D eigenvalue weighted by Crippen LogP contribution is 2.43. The number of hydrogen-bond donors (Lipinski definition) is 1. The van der Waals surface area contributed by atoms with E-state index in [0.29, 0.717) is 24.1 Å². The van der Waals surface area contributed by atoms with Crippen LogP contribution in [-0.2, 0) is 27.9 Å². The van der Waals surface area contributed by atoms with Gasteiger partial charge in [-0.3, -0.25) is 13.8 Å². The molecule has 0 bridgehead atoms. The molecule has 73 heavy (non-hydrogen) atoms. The lowest BCUT2D eigenvalue weighted by Crippen LogP contribution is -2.37. The van der Waals surface area contributed by atoms with Crippen LogP contribution in [0.2, 0.25) is 0 Å². The van der Waals surface area contributed by atoms with Gasteiger partial charge < -0.3 is 18.9 Å². The molecule has 1 N–H and O–H groups in total. The predicted octanol–water partition coefficient (Wildman–Crippen LogP) is 20.4. The third-order valence-corrected chi connectivity index (χ3v) is 15.2. The van der Waals surface area contributed by atoms with Gasteiger partial charge in [-0.15, -0.1) is 0 Å². The van der Waals surface area contributed by atoms with Gasteiger partial charge in [-0.1, -0.05) is 269 Å². The van der Waals surface area contributed by atoms with Gasteiger partial charge in [0.05, 0.1) is 34.4 Å². The van der Waals surface area contributed by atoms with Gasteiger partial charge in [0.1, 0.15) is 19.3 Å². The van der Waals surface area contributed by atoms with Crippen molar-refractivity contribution in [1.29, 1.82) is 0 Å². The van der Waals surface area contributed by atoms with E-state index in [1.54, 1.807) is 0 Å². The molecular formula is C64H125NO7P+. The molecule has 0 radical (unpaired) electrons. The number of quaternary nitrogens is 1. The molecule has 0 rings (SSSR count). The van der Waals surface area contributed by atoms with E-state index in [-0.39, 0.29) is 25.8 Å². The molecule has 0 aromatic heterocycles. The second-order valence-electron chi connectivity index (χ2n) is 22.8. The molecule has 2 atom stereocenters. The van der Waals surface area contributed by atoms with Crippen molar-refractivity contribution in [1.82, 2.24) is 0 Å². The number of esters is 1. The minimum Gasteiger partial charge on any atom is -0.457 e. The summed E-state index contributed by atoms with van der Waals surface area (Å²) in [7, 11) is 1.68. The van der Waals surface area contributed by atoms with Gasteiger partial charge in [-0.05, 0) is 70.6 Å². The number of likely N-dealkylation sites (N-methyl/N-ethyl adjacent to an activating group) is 1. The van der Waals surface area contributed by atoms with E-state index in [1.807, 2.05) is 21.1 Å². The topological polar surface area (TPSA) is 91.3 Å². The zero-order valence-corrected chi connectivity index (χ0v) is 50.3. The number of carbonyl (C=O) groups is 1. The van der Waals surface area contributed by atoms with Gasteiger partial charge in [-0.2, -0.15) is 0 Å². The van der Waals surface area contributed by atoms with Gasteiger partial charge in [0, 0.05) is 13.0 Å². The Bertz CT molecular complexity index is 1260. The van der Waals surface area contributed by atoms with E-state index in [4.69, 9.17) is 18.5 Å². The summed E-state index contributed by atoms with van der Waals surface area (Å²) in [5, 5.41) is 0. The number of carbonyl (C=O) groups excluding carboxylic acids is 1. The van der Waals surface area contributed by atoms with Gasteiger partial charge in [-0.25, -0.2) is 4.57 Å². The number of allylic oxidation sites excluding steroid dienone is 6. The highest BCUT2D eigenvalue weighted by Gasteiger charge is 2.26. The Labute approximate surface area is 455 Å². The van der Waals surface area contributed by atoms with E-state index in [0.717, 1.165) is 38.5 Å². The Balaban J connectivity index is 3.99. The third-order valence-electron chi connectivity index (χ3n) is 14.2. The Morgan fingerprint density at radius 1 is 0.425 bits per heavy atom. The van der Waals surface area contributed by atoms with Crippen molar-refractivity contribution in [3.8, 4) is 0 Å². The molecule has 9 heteroatoms. The first-order valence-electron chi connectivity index (χ1n) is 31.7. The fourth-order valence-corrected chi connectivity index (χ4v) is 10.0. The van der Waals surface area contributed by atoms with Gasteiger partial charge in [0.25, 0.3) is 0 Å². The minimum atomic E-state index is -4.29. The molecule has 0 amide bonds. The van der Waals surface area contributed by atoms with Gasteiger partial charge in [0.15, 0.2) is 0 Å². The van der Waals surface area contributed by atoms with Crippen molar-refractivity contribution in [2.24, 2.45) is 0 Å². The van der Waals surface area contributed by atoms with Crippen LogP contribution in [0.5, 0.6) is 0 Å². The van der Waals surface area contributed by atoms with Crippen LogP contribution in [0, 0.1) is 0 Å². The number of phosphoric ester groups is 1. The number of phosphoric acid groups is 1. The SMILES string of the molecule is CCCCCCC/C=C\C/C=C\CCCCCCCCCCCCCCCC(=O)OC(COCCCCCCCCCCCCCCCC/C=C\CCCCCCCCCC)COP(=O)(O)OCC[N+](C)(C)C. The van der Waals surface area contributed by atoms with E-state index < -0.39 is 13.9 Å². The second-order valence-corrected chi connectivity index (χ2v) is 24.2. The number of nitrogens with zero attached hydrogens (tertiary/aromatic N) is 1. The monoisotopic (exact) mass is 1050 g/mol. The van der Waals surface area contributed by atoms with Crippen LogP contribution in [-0.4, -0.2) is 75.6 Å². The summed E-state index contributed by atoms with van der Waals surface area (Å²) in [5.41, 5.74) is 0. The first-order valence-corrected chi connectivity index (χ1v) is 33.2. The first kappa shape index (κ1) is 71.7. The van der Waals surface area contributed by atoms with Crippen molar-refractivity contribution in [2.45, 2.75) is 315 Å². The van der Waals surface area contributed by atoms with E-state index in [9.17, 15) is 14.3 Å². The Morgan fingerprint density at radius 3 is 1.12 bits per heavy atom. The number of rotatable bonds is 60. The molecule has 0 spiro atoms. The standard InChI is InChI=1S/C64H124NO7P/c1-6-8-10-12-14-16-18-20-22-24-26-28-30-32-34-36-38-40-42-44-46-48-50-52-54-56-59-69-61-63(62-71-73(67,68)70-60-58-65(3,4)5)72-64(66)57-55-53-51-49-47-45-43-41-39-37-35-33-31-29-27-25-23-21-19-17-15-13-11-9-7-2/h19,21,24-27,63H,6-18,20,22-23,28-62H2,1-5H3/p+1/b21-19-,26-24-,27-25-. The molecule has 0 saturated carbocycles. The lowest BCUT2D eigenvalue weighted by Gasteiger charge is -2.24. The summed E-state index contributed by atoms with van der Waals surface area (Å²) in [6.07, 6.45) is 72.3. The molecule has 0 aliphatic heterocycles. The molecule has 0 aromatic carbocycles. The quantitative estimate of drug-likeness (QED) is 0.0213. The maximum atomic E-state index is 12.8. The average Bonchev–Trinajstić information content (AvgIpc) is 3.35. The highest BCUT2D eigenvalue weighted by atomic mass is 31.2. The zero-order valence-electron chi connectivity index (χ0n) is 49.4. The molecule has 0 aromatic rings. The Hall–Kier alpha value is -1.28. The third kappa shape index (κ3) is 61.5. The molecule has 0 fully saturated rings. The fraction of sp³-hybridized carbons (Fsp3) is 0.891. The second kappa shape index (κ2) is 56.9.